The largest absolute Gasteiger partial charge is 0.241 e. The van der Waals surface area contributed by atoms with Crippen molar-refractivity contribution in [2.24, 2.45) is 5.92 Å². The number of hydrogen-bond donors (Lipinski definition) is 0. The summed E-state index contributed by atoms with van der Waals surface area (Å²) < 4.78 is 1.27. The zero-order chi connectivity index (χ0) is 13.8. The molecule has 2 heterocycles. The van der Waals surface area contributed by atoms with Gasteiger partial charge >= 0.3 is 0 Å². The third-order valence-corrected chi connectivity index (χ3v) is 4.53. The molecule has 102 valence electrons. The summed E-state index contributed by atoms with van der Waals surface area (Å²) >= 11 is 1.80. The van der Waals surface area contributed by atoms with Gasteiger partial charge in [0.05, 0.1) is 15.2 Å². The average Bonchev–Trinajstić information content (AvgIpc) is 2.90. The van der Waals surface area contributed by atoms with Gasteiger partial charge < -0.3 is 0 Å². The molecular weight excluding hydrogens is 266 g/mol. The Labute approximate surface area is 122 Å². The van der Waals surface area contributed by atoms with E-state index in [4.69, 9.17) is 4.98 Å². The van der Waals surface area contributed by atoms with Crippen LogP contribution in [0, 0.1) is 5.92 Å². The van der Waals surface area contributed by atoms with Crippen molar-refractivity contribution in [3.63, 3.8) is 0 Å². The van der Waals surface area contributed by atoms with Crippen LogP contribution in [-0.2, 0) is 12.8 Å². The Morgan fingerprint density at radius 1 is 1.05 bits per heavy atom. The second-order valence-electron chi connectivity index (χ2n) is 4.92. The normalized spacial score (nSPS) is 12.7. The van der Waals surface area contributed by atoms with Crippen LogP contribution in [0.15, 0.2) is 42.7 Å². The summed E-state index contributed by atoms with van der Waals surface area (Å²) in [6.45, 7) is 2.22. The van der Waals surface area contributed by atoms with Crippen molar-refractivity contribution in [2.45, 2.75) is 26.2 Å². The molecule has 3 rings (SSSR count). The van der Waals surface area contributed by atoms with Crippen LogP contribution >= 0.6 is 11.3 Å². The van der Waals surface area contributed by atoms with Gasteiger partial charge in [0.25, 0.3) is 0 Å². The first kappa shape index (κ1) is 13.2. The summed E-state index contributed by atoms with van der Waals surface area (Å²) in [4.78, 5) is 13.4. The topological polar surface area (TPSA) is 38.7 Å². The lowest BCUT2D eigenvalue weighted by atomic mass is 9.98. The van der Waals surface area contributed by atoms with E-state index in [1.807, 2.05) is 24.5 Å². The highest BCUT2D eigenvalue weighted by molar-refractivity contribution is 7.18. The molecule has 0 aliphatic carbocycles. The first-order valence-electron chi connectivity index (χ1n) is 6.95. The predicted molar refractivity (Wildman–Crippen MR) is 82.8 cm³/mol. The van der Waals surface area contributed by atoms with E-state index in [0.29, 0.717) is 5.92 Å². The van der Waals surface area contributed by atoms with Crippen molar-refractivity contribution < 1.29 is 0 Å². The minimum absolute atomic E-state index is 0.554. The van der Waals surface area contributed by atoms with Crippen LogP contribution in [0.4, 0.5) is 0 Å². The van der Waals surface area contributed by atoms with Crippen LogP contribution in [0.25, 0.3) is 10.2 Å². The fraction of sp³-hybridized carbons (Fsp3) is 0.312. The highest BCUT2D eigenvalue weighted by Crippen LogP contribution is 2.25. The lowest BCUT2D eigenvalue weighted by molar-refractivity contribution is 0.490. The summed E-state index contributed by atoms with van der Waals surface area (Å²) in [7, 11) is 0. The molecule has 3 nitrogen and oxygen atoms in total. The number of para-hydroxylation sites is 1. The van der Waals surface area contributed by atoms with Gasteiger partial charge in [0, 0.05) is 25.2 Å². The van der Waals surface area contributed by atoms with E-state index >= 15 is 0 Å². The van der Waals surface area contributed by atoms with Gasteiger partial charge in [-0.25, -0.2) is 15.0 Å². The predicted octanol–water partition coefficient (Wildman–Crippen LogP) is 3.90. The Bertz CT molecular complexity index is 645. The molecule has 0 fully saturated rings. The van der Waals surface area contributed by atoms with Gasteiger partial charge in [0.15, 0.2) is 0 Å². The van der Waals surface area contributed by atoms with Crippen LogP contribution in [-0.4, -0.2) is 15.0 Å². The highest BCUT2D eigenvalue weighted by Gasteiger charge is 2.13. The number of thiazole rings is 1. The smallest absolute Gasteiger partial charge is 0.128 e. The third kappa shape index (κ3) is 3.02. The van der Waals surface area contributed by atoms with E-state index in [9.17, 15) is 0 Å². The zero-order valence-corrected chi connectivity index (χ0v) is 12.3. The number of hydrogen-bond acceptors (Lipinski definition) is 4. The quantitative estimate of drug-likeness (QED) is 0.713. The second kappa shape index (κ2) is 6.09. The maximum absolute atomic E-state index is 4.72. The molecule has 4 heteroatoms. The molecule has 0 amide bonds. The van der Waals surface area contributed by atoms with Gasteiger partial charge in [-0.05, 0) is 24.1 Å². The second-order valence-corrected chi connectivity index (χ2v) is 6.04. The average molecular weight is 283 g/mol. The Hall–Kier alpha value is -1.81. The molecule has 0 saturated carbocycles. The van der Waals surface area contributed by atoms with E-state index in [-0.39, 0.29) is 0 Å². The fourth-order valence-electron chi connectivity index (χ4n) is 2.31. The van der Waals surface area contributed by atoms with Crippen LogP contribution in [0.1, 0.15) is 24.2 Å². The van der Waals surface area contributed by atoms with Gasteiger partial charge in [-0.3, -0.25) is 0 Å². The first-order valence-corrected chi connectivity index (χ1v) is 7.77. The molecule has 20 heavy (non-hydrogen) atoms. The molecule has 1 atom stereocenters. The summed E-state index contributed by atoms with van der Waals surface area (Å²) in [6.07, 6.45) is 6.68. The summed E-state index contributed by atoms with van der Waals surface area (Å²) in [5.74, 6) is 1.48. The zero-order valence-electron chi connectivity index (χ0n) is 11.5. The van der Waals surface area contributed by atoms with Crippen LogP contribution < -0.4 is 0 Å². The van der Waals surface area contributed by atoms with E-state index in [1.165, 1.54) is 9.71 Å². The molecule has 3 aromatic rings. The molecule has 0 aliphatic rings. The van der Waals surface area contributed by atoms with Gasteiger partial charge in [0.2, 0.25) is 0 Å². The molecule has 0 aliphatic heterocycles. The minimum atomic E-state index is 0.554. The molecule has 1 aromatic carbocycles. The summed E-state index contributed by atoms with van der Waals surface area (Å²) in [5.41, 5.74) is 1.11. The minimum Gasteiger partial charge on any atom is -0.241 e. The van der Waals surface area contributed by atoms with Gasteiger partial charge in [-0.2, -0.15) is 0 Å². The van der Waals surface area contributed by atoms with Crippen molar-refractivity contribution in [3.05, 3.63) is 53.6 Å². The Morgan fingerprint density at radius 2 is 1.85 bits per heavy atom. The molecule has 0 spiro atoms. The van der Waals surface area contributed by atoms with E-state index in [1.54, 1.807) is 11.3 Å². The number of aromatic nitrogens is 3. The molecule has 0 radical (unpaired) electrons. The number of nitrogens with zero attached hydrogens (tertiary/aromatic N) is 3. The maximum Gasteiger partial charge on any atom is 0.128 e. The Morgan fingerprint density at radius 3 is 2.60 bits per heavy atom. The monoisotopic (exact) mass is 283 g/mol. The molecule has 0 bridgehead atoms. The molecule has 2 aromatic heterocycles. The maximum atomic E-state index is 4.72. The molecular formula is C16H17N3S. The SMILES string of the molecule is CCC(Cc1ncccn1)Cc1nc2ccccc2s1. The van der Waals surface area contributed by atoms with Crippen LogP contribution in [0.3, 0.4) is 0 Å². The summed E-state index contributed by atoms with van der Waals surface area (Å²) in [6, 6.07) is 10.2. The van der Waals surface area contributed by atoms with Crippen molar-refractivity contribution in [1.82, 2.24) is 15.0 Å². The standard InChI is InChI=1S/C16H17N3S/c1-2-12(10-15-17-8-5-9-18-15)11-16-19-13-6-3-4-7-14(13)20-16/h3-9,12H,2,10-11H2,1H3. The van der Waals surface area contributed by atoms with Gasteiger partial charge in [-0.15, -0.1) is 11.3 Å². The van der Waals surface area contributed by atoms with Crippen molar-refractivity contribution >= 4 is 21.6 Å². The van der Waals surface area contributed by atoms with Gasteiger partial charge in [-0.1, -0.05) is 25.5 Å². The molecule has 0 N–H and O–H groups in total. The van der Waals surface area contributed by atoms with Crippen LogP contribution in [0.5, 0.6) is 0 Å². The molecule has 1 unspecified atom stereocenters. The third-order valence-electron chi connectivity index (χ3n) is 3.47. The van der Waals surface area contributed by atoms with E-state index in [2.05, 4.69) is 35.1 Å². The van der Waals surface area contributed by atoms with Crippen molar-refractivity contribution in [1.29, 1.82) is 0 Å². The number of rotatable bonds is 5. The summed E-state index contributed by atoms with van der Waals surface area (Å²) in [5, 5.41) is 1.22. The first-order chi connectivity index (χ1) is 9.85. The lowest BCUT2D eigenvalue weighted by Gasteiger charge is -2.11. The highest BCUT2D eigenvalue weighted by atomic mass is 32.1. The van der Waals surface area contributed by atoms with Crippen molar-refractivity contribution in [3.8, 4) is 0 Å². The lowest BCUT2D eigenvalue weighted by Crippen LogP contribution is -2.09. The number of fused-ring (bicyclic) bond motifs is 1. The van der Waals surface area contributed by atoms with Gasteiger partial charge in [0.1, 0.15) is 5.82 Å². The number of benzene rings is 1. The van der Waals surface area contributed by atoms with E-state index < -0.39 is 0 Å². The Kier molecular flexibility index (Phi) is 4.02. The van der Waals surface area contributed by atoms with E-state index in [0.717, 1.165) is 30.6 Å². The molecule has 0 saturated heterocycles. The Balaban J connectivity index is 1.74. The fourth-order valence-corrected chi connectivity index (χ4v) is 3.39. The van der Waals surface area contributed by atoms with Crippen LogP contribution in [0.2, 0.25) is 0 Å². The van der Waals surface area contributed by atoms with Crippen molar-refractivity contribution in [2.75, 3.05) is 0 Å².